The highest BCUT2D eigenvalue weighted by Gasteiger charge is 2.30. The molecule has 2 aliphatic rings. The van der Waals surface area contributed by atoms with Crippen molar-refractivity contribution in [2.45, 2.75) is 52.0 Å². The van der Waals surface area contributed by atoms with Gasteiger partial charge in [-0.25, -0.2) is 18.9 Å². The lowest BCUT2D eigenvalue weighted by Gasteiger charge is -2.21. The van der Waals surface area contributed by atoms with Gasteiger partial charge in [0.25, 0.3) is 0 Å². The van der Waals surface area contributed by atoms with Crippen LogP contribution in [0.3, 0.4) is 0 Å². The van der Waals surface area contributed by atoms with Crippen LogP contribution in [0.4, 0.5) is 4.39 Å². The topological polar surface area (TPSA) is 196 Å². The number of hydrogen-bond donors (Lipinski definition) is 4. The first-order chi connectivity index (χ1) is 30.3. The van der Waals surface area contributed by atoms with E-state index in [0.717, 1.165) is 40.9 Å². The number of halogens is 1. The molecule has 6 aromatic rings. The van der Waals surface area contributed by atoms with Crippen molar-refractivity contribution >= 4 is 35.5 Å². The number of ether oxygens (including phenoxy) is 6. The molecule has 63 heavy (non-hydrogen) atoms. The van der Waals surface area contributed by atoms with Crippen molar-refractivity contribution in [2.24, 2.45) is 0 Å². The Labute approximate surface area is 363 Å². The van der Waals surface area contributed by atoms with Crippen molar-refractivity contribution < 1.29 is 56.5 Å². The first-order valence-electron chi connectivity index (χ1n) is 20.4. The van der Waals surface area contributed by atoms with Crippen molar-refractivity contribution in [1.82, 2.24) is 25.2 Å². The molecular weight excluding hydrogens is 836 g/mol. The zero-order valence-electron chi connectivity index (χ0n) is 36.0. The molecule has 1 saturated heterocycles. The number of nitrogens with one attached hydrogen (secondary N) is 2. The van der Waals surface area contributed by atoms with Gasteiger partial charge in [0.1, 0.15) is 12.1 Å². The fourth-order valence-corrected chi connectivity index (χ4v) is 8.53. The van der Waals surface area contributed by atoms with Crippen LogP contribution < -0.4 is 38.3 Å². The highest BCUT2D eigenvalue weighted by atomic mass is 31.2. The van der Waals surface area contributed by atoms with Crippen LogP contribution in [0.15, 0.2) is 60.9 Å². The molecule has 2 aromatic heterocycles. The van der Waals surface area contributed by atoms with Crippen molar-refractivity contribution in [3.63, 3.8) is 0 Å². The van der Waals surface area contributed by atoms with Crippen LogP contribution in [0.25, 0.3) is 32.9 Å². The lowest BCUT2D eigenvalue weighted by atomic mass is 9.93. The molecule has 0 bridgehead atoms. The van der Waals surface area contributed by atoms with Gasteiger partial charge < -0.3 is 48.1 Å². The Morgan fingerprint density at radius 1 is 0.905 bits per heavy atom. The number of nitrogens with zero attached hydrogens (tertiary/aromatic N) is 3. The summed E-state index contributed by atoms with van der Waals surface area (Å²) in [5.41, 5.74) is 5.32. The van der Waals surface area contributed by atoms with Crippen LogP contribution in [0.2, 0.25) is 0 Å². The van der Waals surface area contributed by atoms with Crippen LogP contribution >= 0.6 is 7.82 Å². The molecule has 1 atom stereocenters. The van der Waals surface area contributed by atoms with Crippen molar-refractivity contribution in [3.05, 3.63) is 83.6 Å². The summed E-state index contributed by atoms with van der Waals surface area (Å²) in [6, 6.07) is 14.9. The number of phosphoric ester groups is 1. The molecule has 8 rings (SSSR count). The van der Waals surface area contributed by atoms with Crippen LogP contribution in [0, 0.1) is 12.7 Å². The van der Waals surface area contributed by atoms with Crippen LogP contribution in [-0.2, 0) is 15.8 Å². The van der Waals surface area contributed by atoms with Crippen molar-refractivity contribution in [2.75, 3.05) is 54.7 Å². The second kappa shape index (κ2) is 19.5. The molecule has 1 fully saturated rings. The molecule has 0 unspecified atom stereocenters. The Morgan fingerprint density at radius 3 is 2.37 bits per heavy atom. The summed E-state index contributed by atoms with van der Waals surface area (Å²) < 4.78 is 65.2. The van der Waals surface area contributed by atoms with Gasteiger partial charge in [-0.05, 0) is 111 Å². The first kappa shape index (κ1) is 44.9. The summed E-state index contributed by atoms with van der Waals surface area (Å²) in [4.78, 5) is 44.3. The molecule has 0 radical (unpaired) electrons. The molecule has 0 saturated carbocycles. The maximum absolute atomic E-state index is 15.0. The van der Waals surface area contributed by atoms with E-state index in [2.05, 4.69) is 25.2 Å². The summed E-state index contributed by atoms with van der Waals surface area (Å²) in [5.74, 6) is 2.29. The number of fused-ring (bicyclic) bond motifs is 5. The highest BCUT2D eigenvalue weighted by molar-refractivity contribution is 7.46. The highest BCUT2D eigenvalue weighted by Crippen LogP contribution is 2.51. The second-order valence-electron chi connectivity index (χ2n) is 15.1. The van der Waals surface area contributed by atoms with Crippen molar-refractivity contribution in [3.8, 4) is 57.3 Å². The minimum Gasteiger partial charge on any atom is -0.493 e. The minimum atomic E-state index is -4.74. The standard InChI is InChI=1S/C25H27FN4O3.C20H24NO8P/c1-16-12-17-19(29-16)6-7-21(24(17)26)33-25-18-13-22(31-2)23(14-20(18)27-15-28-25)32-11-5-10-30-8-3-4-9-30;1-11(22)21-16-8-5-12-9-17(26-2)19(27-3)20(28-4)18(12)14-7-6-13(10-15(14)16)29-30(23,24)25/h6-7,12-15,29H,3-5,8-11H2,1-2H3;6-7,9-10,16H,5,8H2,1-4H3,(H,21,22)(H2,23,24,25)/t;16-/m.0/s1. The lowest BCUT2D eigenvalue weighted by molar-refractivity contribution is -0.119. The van der Waals surface area contributed by atoms with Gasteiger partial charge in [-0.2, -0.15) is 0 Å². The zero-order valence-corrected chi connectivity index (χ0v) is 36.8. The maximum atomic E-state index is 15.0. The van der Waals surface area contributed by atoms with E-state index in [1.807, 2.05) is 19.1 Å². The van der Waals surface area contributed by atoms with Crippen LogP contribution in [0.5, 0.6) is 46.1 Å². The fourth-order valence-electron chi connectivity index (χ4n) is 8.14. The summed E-state index contributed by atoms with van der Waals surface area (Å²) >= 11 is 0. The molecule has 16 nitrogen and oxygen atoms in total. The monoisotopic (exact) mass is 887 g/mol. The number of aromatic amines is 1. The number of hydrogen-bond acceptors (Lipinski definition) is 12. The normalized spacial score (nSPS) is 14.8. The molecule has 4 N–H and O–H groups in total. The quantitative estimate of drug-likeness (QED) is 0.0603. The maximum Gasteiger partial charge on any atom is 0.524 e. The molecule has 18 heteroatoms. The fraction of sp³-hybridized carbons (Fsp3) is 0.356. The first-order valence-corrected chi connectivity index (χ1v) is 22.0. The van der Waals surface area contributed by atoms with E-state index < -0.39 is 19.7 Å². The van der Waals surface area contributed by atoms with Gasteiger partial charge in [-0.3, -0.25) is 14.6 Å². The Kier molecular flexibility index (Phi) is 13.9. The van der Waals surface area contributed by atoms with E-state index in [9.17, 15) is 19.1 Å². The van der Waals surface area contributed by atoms with E-state index in [0.29, 0.717) is 70.0 Å². The number of aryl methyl sites for hydroxylation is 2. The number of amides is 1. The van der Waals surface area contributed by atoms with Gasteiger partial charge in [0.15, 0.2) is 34.6 Å². The summed E-state index contributed by atoms with van der Waals surface area (Å²) in [7, 11) is 1.44. The molecule has 0 spiro atoms. The van der Waals surface area contributed by atoms with E-state index in [4.69, 9.17) is 32.9 Å². The van der Waals surface area contributed by atoms with E-state index >= 15 is 4.39 Å². The Hall–Kier alpha value is -6.13. The molecule has 1 aliphatic carbocycles. The molecule has 1 aliphatic heterocycles. The third kappa shape index (κ3) is 10.2. The van der Waals surface area contributed by atoms with E-state index in [-0.39, 0.29) is 23.3 Å². The average molecular weight is 888 g/mol. The Bertz CT molecular complexity index is 2670. The van der Waals surface area contributed by atoms with Gasteiger partial charge in [-0.1, -0.05) is 6.07 Å². The molecule has 4 aromatic carbocycles. The largest absolute Gasteiger partial charge is 0.524 e. The third-order valence-electron chi connectivity index (χ3n) is 10.9. The van der Waals surface area contributed by atoms with Crippen LogP contribution in [0.1, 0.15) is 55.5 Å². The number of methoxy groups -OCH3 is 4. The number of phosphoric acid groups is 1. The SMILES string of the molecule is COc1cc2c(Oc3ccc4[nH]c(C)cc4c3F)ncnc2cc1OCCCN1CCCC1.COc1cc2c(c(OC)c1OC)-c1ccc(OP(=O)(O)O)cc1[C@@H](NC(C)=O)CC2. The van der Waals surface area contributed by atoms with Gasteiger partial charge in [-0.15, -0.1) is 0 Å². The smallest absolute Gasteiger partial charge is 0.493 e. The Balaban J connectivity index is 0.000000190. The van der Waals surface area contributed by atoms with Gasteiger partial charge >= 0.3 is 7.82 Å². The summed E-state index contributed by atoms with van der Waals surface area (Å²) in [5, 5.41) is 4.00. The lowest BCUT2D eigenvalue weighted by Crippen LogP contribution is -2.26. The van der Waals surface area contributed by atoms with Gasteiger partial charge in [0.05, 0.1) is 52.0 Å². The third-order valence-corrected chi connectivity index (χ3v) is 11.3. The van der Waals surface area contributed by atoms with E-state index in [1.54, 1.807) is 44.6 Å². The van der Waals surface area contributed by atoms with Gasteiger partial charge in [0, 0.05) is 41.7 Å². The van der Waals surface area contributed by atoms with Crippen LogP contribution in [-0.4, -0.2) is 90.2 Å². The number of rotatable bonds is 14. The molecule has 1 amide bonds. The summed E-state index contributed by atoms with van der Waals surface area (Å²) in [6.45, 7) is 7.28. The molecular formula is C45H51FN5O11P. The second-order valence-corrected chi connectivity index (χ2v) is 16.3. The Morgan fingerprint density at radius 2 is 1.67 bits per heavy atom. The van der Waals surface area contributed by atoms with Crippen molar-refractivity contribution in [1.29, 1.82) is 0 Å². The number of benzene rings is 4. The minimum absolute atomic E-state index is 0.000305. The average Bonchev–Trinajstić information content (AvgIpc) is 3.90. The predicted molar refractivity (Wildman–Crippen MR) is 234 cm³/mol. The predicted octanol–water partition coefficient (Wildman–Crippen LogP) is 8.20. The zero-order chi connectivity index (χ0) is 44.8. The number of carbonyl (C=O) groups excluding carboxylic acids is 1. The number of H-pyrrole nitrogens is 1. The summed E-state index contributed by atoms with van der Waals surface area (Å²) in [6.07, 6.45) is 6.06. The van der Waals surface area contributed by atoms with E-state index in [1.165, 1.54) is 65.5 Å². The number of aromatic nitrogens is 3. The number of carbonyl (C=O) groups is 1. The molecule has 3 heterocycles. The number of likely N-dealkylation sites (tertiary alicyclic amines) is 1. The van der Waals surface area contributed by atoms with Gasteiger partial charge in [0.2, 0.25) is 17.5 Å². The molecule has 334 valence electrons.